The zero-order valence-corrected chi connectivity index (χ0v) is 17.3. The van der Waals surface area contributed by atoms with Crippen molar-refractivity contribution in [3.05, 3.63) is 107 Å². The lowest BCUT2D eigenvalue weighted by molar-refractivity contribution is 0.101. The summed E-state index contributed by atoms with van der Waals surface area (Å²) < 4.78 is 18.6. The second kappa shape index (κ2) is 8.20. The molecule has 0 aliphatic carbocycles. The smallest absolute Gasteiger partial charge is 0.272 e. The molecule has 5 nitrogen and oxygen atoms in total. The molecule has 0 saturated heterocycles. The van der Waals surface area contributed by atoms with Gasteiger partial charge in [0.05, 0.1) is 28.6 Å². The van der Waals surface area contributed by atoms with Gasteiger partial charge in [-0.2, -0.15) is 5.10 Å². The number of halogens is 1. The van der Waals surface area contributed by atoms with Crippen LogP contribution in [0.5, 0.6) is 0 Å². The Morgan fingerprint density at radius 2 is 1.84 bits per heavy atom. The van der Waals surface area contributed by atoms with Gasteiger partial charge in [-0.25, -0.2) is 4.39 Å². The van der Waals surface area contributed by atoms with Gasteiger partial charge in [-0.1, -0.05) is 48.5 Å². The Morgan fingerprint density at radius 1 is 1.03 bits per heavy atom. The summed E-state index contributed by atoms with van der Waals surface area (Å²) in [4.78, 5) is 13.1. The van der Waals surface area contributed by atoms with Gasteiger partial charge in [-0.15, -0.1) is 11.3 Å². The predicted molar refractivity (Wildman–Crippen MR) is 121 cm³/mol. The van der Waals surface area contributed by atoms with Gasteiger partial charge in [0.25, 0.3) is 5.91 Å². The SMILES string of the molecule is O=C(Nc1cnn(Cc2ccccc2F)c1)c1cc2sccc2n1Cc1ccccc1. The maximum absolute atomic E-state index is 13.9. The third kappa shape index (κ3) is 4.00. The number of carbonyl (C=O) groups is 1. The van der Waals surface area contributed by atoms with Crippen LogP contribution < -0.4 is 5.32 Å². The molecule has 5 rings (SSSR count). The first-order valence-electron chi connectivity index (χ1n) is 9.85. The zero-order chi connectivity index (χ0) is 21.2. The van der Waals surface area contributed by atoms with Crippen LogP contribution >= 0.6 is 11.3 Å². The highest BCUT2D eigenvalue weighted by Crippen LogP contribution is 2.27. The van der Waals surface area contributed by atoms with Gasteiger partial charge < -0.3 is 9.88 Å². The molecule has 0 bridgehead atoms. The summed E-state index contributed by atoms with van der Waals surface area (Å²) in [6.07, 6.45) is 3.28. The van der Waals surface area contributed by atoms with Crippen LogP contribution in [-0.2, 0) is 13.1 Å². The van der Waals surface area contributed by atoms with Crippen LogP contribution in [0.2, 0.25) is 0 Å². The van der Waals surface area contributed by atoms with Gasteiger partial charge in [0.1, 0.15) is 11.5 Å². The van der Waals surface area contributed by atoms with E-state index < -0.39 is 0 Å². The van der Waals surface area contributed by atoms with E-state index in [1.807, 2.05) is 52.4 Å². The number of benzene rings is 2. The highest BCUT2D eigenvalue weighted by Gasteiger charge is 2.17. The number of nitrogens with zero attached hydrogens (tertiary/aromatic N) is 3. The maximum Gasteiger partial charge on any atom is 0.272 e. The molecule has 0 radical (unpaired) electrons. The van der Waals surface area contributed by atoms with Gasteiger partial charge in [-0.05, 0) is 29.1 Å². The van der Waals surface area contributed by atoms with Crippen molar-refractivity contribution in [3.63, 3.8) is 0 Å². The summed E-state index contributed by atoms with van der Waals surface area (Å²) in [5.74, 6) is -0.479. The fourth-order valence-corrected chi connectivity index (χ4v) is 4.43. The first kappa shape index (κ1) is 19.3. The Bertz CT molecular complexity index is 1350. The molecule has 3 heterocycles. The molecule has 1 N–H and O–H groups in total. The number of carbonyl (C=O) groups excluding carboxylic acids is 1. The standard InChI is InChI=1S/C24H19FN4OS/c25-20-9-5-4-8-18(20)15-28-16-19(13-26-28)27-24(30)22-12-23-21(10-11-31-23)29(22)14-17-6-2-1-3-7-17/h1-13,16H,14-15H2,(H,27,30). The summed E-state index contributed by atoms with van der Waals surface area (Å²) in [5.41, 5.74) is 3.86. The molecule has 0 saturated carbocycles. The highest BCUT2D eigenvalue weighted by molar-refractivity contribution is 7.17. The second-order valence-corrected chi connectivity index (χ2v) is 8.19. The van der Waals surface area contributed by atoms with Crippen LogP contribution in [0.3, 0.4) is 0 Å². The van der Waals surface area contributed by atoms with Crippen LogP contribution in [-0.4, -0.2) is 20.3 Å². The maximum atomic E-state index is 13.9. The van der Waals surface area contributed by atoms with Crippen molar-refractivity contribution >= 4 is 33.1 Å². The lowest BCUT2D eigenvalue weighted by Crippen LogP contribution is -2.17. The number of thiophene rings is 1. The number of fused-ring (bicyclic) bond motifs is 1. The molecular weight excluding hydrogens is 411 g/mol. The average Bonchev–Trinajstić information content (AvgIpc) is 3.48. The summed E-state index contributed by atoms with van der Waals surface area (Å²) in [6.45, 7) is 0.902. The van der Waals surface area contributed by atoms with Crippen molar-refractivity contribution < 1.29 is 9.18 Å². The quantitative estimate of drug-likeness (QED) is 0.393. The molecule has 0 spiro atoms. The van der Waals surface area contributed by atoms with Gasteiger partial charge in [0, 0.05) is 18.3 Å². The summed E-state index contributed by atoms with van der Waals surface area (Å²) in [5, 5.41) is 9.20. The fraction of sp³-hybridized carbons (Fsp3) is 0.0833. The molecule has 154 valence electrons. The third-order valence-corrected chi connectivity index (χ3v) is 5.97. The monoisotopic (exact) mass is 430 g/mol. The molecule has 0 unspecified atom stereocenters. The first-order chi connectivity index (χ1) is 15.2. The molecule has 2 aromatic carbocycles. The van der Waals surface area contributed by atoms with E-state index in [9.17, 15) is 9.18 Å². The van der Waals surface area contributed by atoms with Crippen molar-refractivity contribution in [2.24, 2.45) is 0 Å². The van der Waals surface area contributed by atoms with Crippen LogP contribution in [0, 0.1) is 5.82 Å². The van der Waals surface area contributed by atoms with Crippen molar-refractivity contribution in [2.75, 3.05) is 5.32 Å². The molecule has 0 aliphatic heterocycles. The summed E-state index contributed by atoms with van der Waals surface area (Å²) in [6, 6.07) is 20.6. The van der Waals surface area contributed by atoms with E-state index in [-0.39, 0.29) is 11.7 Å². The molecule has 31 heavy (non-hydrogen) atoms. The van der Waals surface area contributed by atoms with Crippen molar-refractivity contribution in [1.29, 1.82) is 0 Å². The normalized spacial score (nSPS) is 11.1. The summed E-state index contributed by atoms with van der Waals surface area (Å²) >= 11 is 1.61. The number of hydrogen-bond acceptors (Lipinski definition) is 3. The molecule has 1 amide bonds. The van der Waals surface area contributed by atoms with Gasteiger partial charge in [-0.3, -0.25) is 9.48 Å². The zero-order valence-electron chi connectivity index (χ0n) is 16.5. The minimum absolute atomic E-state index is 0.204. The average molecular weight is 431 g/mol. The minimum atomic E-state index is -0.276. The molecule has 7 heteroatoms. The number of anilines is 1. The van der Waals surface area contributed by atoms with E-state index in [0.29, 0.717) is 30.0 Å². The molecular formula is C24H19FN4OS. The number of rotatable bonds is 6. The molecule has 3 aromatic heterocycles. The van der Waals surface area contributed by atoms with E-state index in [0.717, 1.165) is 15.8 Å². The molecule has 0 aliphatic rings. The second-order valence-electron chi connectivity index (χ2n) is 7.24. The third-order valence-electron chi connectivity index (χ3n) is 5.12. The van der Waals surface area contributed by atoms with Gasteiger partial charge in [0.2, 0.25) is 0 Å². The van der Waals surface area contributed by atoms with E-state index in [4.69, 9.17) is 0 Å². The molecule has 5 aromatic rings. The Labute approximate surface area is 182 Å². The lowest BCUT2D eigenvalue weighted by atomic mass is 10.2. The van der Waals surface area contributed by atoms with E-state index in [1.165, 1.54) is 6.07 Å². The van der Waals surface area contributed by atoms with Crippen LogP contribution in [0.1, 0.15) is 21.6 Å². The van der Waals surface area contributed by atoms with Crippen LogP contribution in [0.15, 0.2) is 84.5 Å². The van der Waals surface area contributed by atoms with E-state index in [2.05, 4.69) is 10.4 Å². The topological polar surface area (TPSA) is 51.9 Å². The van der Waals surface area contributed by atoms with Crippen molar-refractivity contribution in [1.82, 2.24) is 14.3 Å². The number of hydrogen-bond donors (Lipinski definition) is 1. The van der Waals surface area contributed by atoms with Gasteiger partial charge in [0.15, 0.2) is 0 Å². The largest absolute Gasteiger partial charge is 0.331 e. The Morgan fingerprint density at radius 3 is 2.68 bits per heavy atom. The molecule has 0 fully saturated rings. The minimum Gasteiger partial charge on any atom is -0.331 e. The molecule has 0 atom stereocenters. The Kier molecular flexibility index (Phi) is 5.09. The highest BCUT2D eigenvalue weighted by atomic mass is 32.1. The van der Waals surface area contributed by atoms with Gasteiger partial charge >= 0.3 is 0 Å². The van der Waals surface area contributed by atoms with Crippen molar-refractivity contribution in [3.8, 4) is 0 Å². The fourth-order valence-electron chi connectivity index (χ4n) is 3.61. The Hall–Kier alpha value is -3.71. The van der Waals surface area contributed by atoms with Crippen LogP contribution in [0.4, 0.5) is 10.1 Å². The van der Waals surface area contributed by atoms with E-state index >= 15 is 0 Å². The van der Waals surface area contributed by atoms with Crippen LogP contribution in [0.25, 0.3) is 10.2 Å². The number of amides is 1. The number of nitrogens with one attached hydrogen (secondary N) is 1. The lowest BCUT2D eigenvalue weighted by Gasteiger charge is -2.10. The summed E-state index contributed by atoms with van der Waals surface area (Å²) in [7, 11) is 0. The Balaban J connectivity index is 1.37. The van der Waals surface area contributed by atoms with Crippen molar-refractivity contribution in [2.45, 2.75) is 13.1 Å². The first-order valence-corrected chi connectivity index (χ1v) is 10.7. The predicted octanol–water partition coefficient (Wildman–Crippen LogP) is 5.39. The van der Waals surface area contributed by atoms with E-state index in [1.54, 1.807) is 46.6 Å². The number of aromatic nitrogens is 3.